The van der Waals surface area contributed by atoms with E-state index in [-0.39, 0.29) is 6.10 Å². The Morgan fingerprint density at radius 2 is 1.94 bits per heavy atom. The third kappa shape index (κ3) is 6.76. The number of carboxylic acid groups (broad SMARTS) is 1. The van der Waals surface area contributed by atoms with Crippen LogP contribution >= 0.6 is 11.3 Å². The topological polar surface area (TPSA) is 93.4 Å². The number of aliphatic carboxylic acids is 1. The highest BCUT2D eigenvalue weighted by molar-refractivity contribution is 7.11. The molecule has 1 aliphatic rings. The molecule has 0 radical (unpaired) electrons. The SMILES string of the molecule is Cc1ccc(CN2Cc3ccnn3CC(Oc3ncccn3)C2)s1.O=C(O)C(F)(F)F. The van der Waals surface area contributed by atoms with E-state index in [0.717, 1.165) is 19.6 Å². The summed E-state index contributed by atoms with van der Waals surface area (Å²) in [7, 11) is 0. The maximum atomic E-state index is 10.6. The zero-order valence-corrected chi connectivity index (χ0v) is 17.3. The van der Waals surface area contributed by atoms with Gasteiger partial charge in [-0.25, -0.2) is 14.8 Å². The van der Waals surface area contributed by atoms with Gasteiger partial charge in [-0.3, -0.25) is 9.58 Å². The fraction of sp³-hybridized carbons (Fsp3) is 0.368. The summed E-state index contributed by atoms with van der Waals surface area (Å²) in [5.74, 6) is -2.76. The number of alkyl halides is 3. The summed E-state index contributed by atoms with van der Waals surface area (Å²) in [5.41, 5.74) is 1.21. The van der Waals surface area contributed by atoms with E-state index < -0.39 is 12.1 Å². The molecule has 1 aliphatic heterocycles. The van der Waals surface area contributed by atoms with Crippen molar-refractivity contribution in [2.75, 3.05) is 6.54 Å². The van der Waals surface area contributed by atoms with E-state index in [1.165, 1.54) is 15.4 Å². The van der Waals surface area contributed by atoms with Crippen molar-refractivity contribution in [2.45, 2.75) is 38.8 Å². The van der Waals surface area contributed by atoms with Crippen LogP contribution in [0, 0.1) is 6.92 Å². The number of thiophene rings is 1. The molecule has 4 rings (SSSR count). The van der Waals surface area contributed by atoms with Gasteiger partial charge in [0.2, 0.25) is 0 Å². The van der Waals surface area contributed by atoms with E-state index >= 15 is 0 Å². The molecule has 1 atom stereocenters. The Balaban J connectivity index is 0.000000339. The molecule has 1 unspecified atom stereocenters. The van der Waals surface area contributed by atoms with E-state index in [9.17, 15) is 13.2 Å². The number of rotatable bonds is 4. The Morgan fingerprint density at radius 3 is 2.55 bits per heavy atom. The first-order chi connectivity index (χ1) is 14.7. The Morgan fingerprint density at radius 1 is 1.23 bits per heavy atom. The van der Waals surface area contributed by atoms with Gasteiger partial charge in [-0.1, -0.05) is 0 Å². The monoisotopic (exact) mass is 455 g/mol. The van der Waals surface area contributed by atoms with Crippen LogP contribution in [0.25, 0.3) is 0 Å². The van der Waals surface area contributed by atoms with Gasteiger partial charge in [-0.15, -0.1) is 11.3 Å². The highest BCUT2D eigenvalue weighted by Gasteiger charge is 2.38. The minimum Gasteiger partial charge on any atom is -0.475 e. The van der Waals surface area contributed by atoms with Gasteiger partial charge in [0.15, 0.2) is 0 Å². The second-order valence-electron chi connectivity index (χ2n) is 6.76. The number of aryl methyl sites for hydroxylation is 1. The Hall–Kier alpha value is -2.99. The first-order valence-corrected chi connectivity index (χ1v) is 10.0. The van der Waals surface area contributed by atoms with E-state index in [1.807, 2.05) is 22.2 Å². The van der Waals surface area contributed by atoms with Gasteiger partial charge in [0.05, 0.1) is 12.2 Å². The quantitative estimate of drug-likeness (QED) is 0.646. The van der Waals surface area contributed by atoms with Gasteiger partial charge in [-0.05, 0) is 31.2 Å². The molecule has 12 heteroatoms. The number of carboxylic acids is 1. The number of nitrogens with zero attached hydrogens (tertiary/aromatic N) is 5. The zero-order valence-electron chi connectivity index (χ0n) is 16.5. The van der Waals surface area contributed by atoms with Gasteiger partial charge >= 0.3 is 18.2 Å². The number of aromatic nitrogens is 4. The molecule has 4 heterocycles. The number of fused-ring (bicyclic) bond motifs is 1. The lowest BCUT2D eigenvalue weighted by Gasteiger charge is -2.23. The molecular formula is C19H20F3N5O3S. The summed E-state index contributed by atoms with van der Waals surface area (Å²) < 4.78 is 39.8. The molecule has 31 heavy (non-hydrogen) atoms. The van der Waals surface area contributed by atoms with Crippen LogP contribution in [-0.2, 0) is 24.4 Å². The summed E-state index contributed by atoms with van der Waals surface area (Å²) in [6, 6.07) is 8.67. The Labute approximate surface area is 179 Å². The number of carbonyl (C=O) groups is 1. The van der Waals surface area contributed by atoms with Gasteiger partial charge in [-0.2, -0.15) is 18.3 Å². The molecule has 0 aromatic carbocycles. The van der Waals surface area contributed by atoms with Crippen molar-refractivity contribution in [3.05, 3.63) is 58.3 Å². The van der Waals surface area contributed by atoms with Crippen molar-refractivity contribution in [3.63, 3.8) is 0 Å². The van der Waals surface area contributed by atoms with Gasteiger partial charge < -0.3 is 9.84 Å². The molecule has 8 nitrogen and oxygen atoms in total. The Kier molecular flexibility index (Phi) is 7.23. The molecule has 0 bridgehead atoms. The van der Waals surface area contributed by atoms with Gasteiger partial charge in [0.1, 0.15) is 6.10 Å². The summed E-state index contributed by atoms with van der Waals surface area (Å²) in [4.78, 5) is 22.4. The first-order valence-electron chi connectivity index (χ1n) is 9.23. The fourth-order valence-corrected chi connectivity index (χ4v) is 3.90. The standard InChI is InChI=1S/C17H19N5OS.C2HF3O2/c1-13-3-4-16(24-13)12-21-9-14-5-8-20-22(14)11-15(10-21)23-17-18-6-2-7-19-17;3-2(4,5)1(6)7/h2-8,15H,9-12H2,1H3;(H,6,7). The van der Waals surface area contributed by atoms with Crippen LogP contribution < -0.4 is 4.74 Å². The minimum atomic E-state index is -5.08. The molecule has 0 aliphatic carbocycles. The molecule has 0 saturated heterocycles. The van der Waals surface area contributed by atoms with Crippen molar-refractivity contribution >= 4 is 17.3 Å². The van der Waals surface area contributed by atoms with Gasteiger partial charge in [0, 0.05) is 48.0 Å². The van der Waals surface area contributed by atoms with Crippen LogP contribution in [0.4, 0.5) is 13.2 Å². The predicted octanol–water partition coefficient (Wildman–Crippen LogP) is 3.14. The predicted molar refractivity (Wildman–Crippen MR) is 106 cm³/mol. The first kappa shape index (κ1) is 22.7. The normalized spacial score (nSPS) is 16.6. The van der Waals surface area contributed by atoms with Crippen LogP contribution in [0.2, 0.25) is 0 Å². The highest BCUT2D eigenvalue weighted by atomic mass is 32.1. The van der Waals surface area contributed by atoms with Gasteiger partial charge in [0.25, 0.3) is 0 Å². The van der Waals surface area contributed by atoms with E-state index in [1.54, 1.807) is 18.5 Å². The van der Waals surface area contributed by atoms with Crippen molar-refractivity contribution in [3.8, 4) is 6.01 Å². The van der Waals surface area contributed by atoms with E-state index in [0.29, 0.717) is 12.6 Å². The summed E-state index contributed by atoms with van der Waals surface area (Å²) >= 11 is 1.85. The van der Waals surface area contributed by atoms with E-state index in [4.69, 9.17) is 14.6 Å². The molecule has 0 saturated carbocycles. The second-order valence-corrected chi connectivity index (χ2v) is 8.13. The number of halogens is 3. The van der Waals surface area contributed by atoms with Crippen LogP contribution in [0.5, 0.6) is 6.01 Å². The third-order valence-corrected chi connectivity index (χ3v) is 5.25. The number of hydrogen-bond acceptors (Lipinski definition) is 7. The molecular weight excluding hydrogens is 435 g/mol. The maximum Gasteiger partial charge on any atom is 0.490 e. The lowest BCUT2D eigenvalue weighted by Crippen LogP contribution is -2.35. The van der Waals surface area contributed by atoms with Crippen molar-refractivity contribution < 1.29 is 27.8 Å². The number of hydrogen-bond donors (Lipinski definition) is 1. The molecule has 0 amide bonds. The fourth-order valence-electron chi connectivity index (χ4n) is 2.97. The van der Waals surface area contributed by atoms with E-state index in [2.05, 4.69) is 45.1 Å². The van der Waals surface area contributed by atoms with Crippen LogP contribution in [0.15, 0.2) is 42.9 Å². The molecule has 3 aromatic heterocycles. The highest BCUT2D eigenvalue weighted by Crippen LogP contribution is 2.21. The number of ether oxygens (including phenoxy) is 1. The summed E-state index contributed by atoms with van der Waals surface area (Å²) in [5, 5.41) is 11.6. The lowest BCUT2D eigenvalue weighted by molar-refractivity contribution is -0.192. The maximum absolute atomic E-state index is 10.6. The average Bonchev–Trinajstić information content (AvgIpc) is 3.27. The van der Waals surface area contributed by atoms with Crippen molar-refractivity contribution in [1.82, 2.24) is 24.6 Å². The molecule has 1 N–H and O–H groups in total. The largest absolute Gasteiger partial charge is 0.490 e. The molecule has 0 fully saturated rings. The van der Waals surface area contributed by atoms with Crippen molar-refractivity contribution in [2.24, 2.45) is 0 Å². The van der Waals surface area contributed by atoms with Crippen LogP contribution in [-0.4, -0.2) is 54.5 Å². The van der Waals surface area contributed by atoms with Crippen LogP contribution in [0.1, 0.15) is 15.4 Å². The third-order valence-electron chi connectivity index (χ3n) is 4.26. The summed E-state index contributed by atoms with van der Waals surface area (Å²) in [6.45, 7) is 5.45. The smallest absolute Gasteiger partial charge is 0.475 e. The zero-order chi connectivity index (χ0) is 22.4. The van der Waals surface area contributed by atoms with Crippen molar-refractivity contribution in [1.29, 1.82) is 0 Å². The molecule has 3 aromatic rings. The summed E-state index contributed by atoms with van der Waals surface area (Å²) in [6.07, 6.45) is 0.133. The molecule has 166 valence electrons. The van der Waals surface area contributed by atoms with Crippen LogP contribution in [0.3, 0.4) is 0 Å². The minimum absolute atomic E-state index is 0.0328. The Bertz CT molecular complexity index is 993. The second kappa shape index (κ2) is 9.88. The molecule has 0 spiro atoms. The lowest BCUT2D eigenvalue weighted by atomic mass is 10.3. The average molecular weight is 455 g/mol.